The highest BCUT2D eigenvalue weighted by molar-refractivity contribution is 7.80. The van der Waals surface area contributed by atoms with E-state index in [0.29, 0.717) is 0 Å². The molecule has 4 heteroatoms. The second-order valence-corrected chi connectivity index (χ2v) is 5.43. The van der Waals surface area contributed by atoms with Crippen LogP contribution in [0.25, 0.3) is 0 Å². The van der Waals surface area contributed by atoms with E-state index >= 15 is 0 Å². The van der Waals surface area contributed by atoms with Crippen LogP contribution in [0, 0.1) is 0 Å². The number of hydrogen-bond acceptors (Lipinski definition) is 3. The number of hydrogen-bond donors (Lipinski definition) is 2. The Morgan fingerprint density at radius 2 is 1.79 bits per heavy atom. The second-order valence-electron chi connectivity index (χ2n) is 4.98. The lowest BCUT2D eigenvalue weighted by atomic mass is 10.0. The third-order valence-corrected chi connectivity index (χ3v) is 1.80. The van der Waals surface area contributed by atoms with Gasteiger partial charge < -0.3 is 10.1 Å². The molecule has 0 aliphatic heterocycles. The Labute approximate surface area is 92.0 Å². The van der Waals surface area contributed by atoms with Crippen LogP contribution in [0.1, 0.15) is 41.0 Å². The van der Waals surface area contributed by atoms with Crippen molar-refractivity contribution < 1.29 is 9.53 Å². The van der Waals surface area contributed by atoms with Crippen molar-refractivity contribution in [3.63, 3.8) is 0 Å². The van der Waals surface area contributed by atoms with Gasteiger partial charge in [-0.2, -0.15) is 12.6 Å². The minimum absolute atomic E-state index is 0.260. The number of carbonyl (C=O) groups excluding carboxylic acids is 1. The normalized spacial score (nSPS) is 12.4. The first-order valence-electron chi connectivity index (χ1n) is 4.78. The summed E-state index contributed by atoms with van der Waals surface area (Å²) in [5.74, 6) is 0.739. The smallest absolute Gasteiger partial charge is 0.408 e. The van der Waals surface area contributed by atoms with E-state index in [-0.39, 0.29) is 11.6 Å². The van der Waals surface area contributed by atoms with Crippen LogP contribution >= 0.6 is 12.6 Å². The highest BCUT2D eigenvalue weighted by Crippen LogP contribution is 2.12. The predicted octanol–water partition coefficient (Wildman–Crippen LogP) is 2.61. The Kier molecular flexibility index (Phi) is 4.78. The molecule has 0 spiro atoms. The minimum Gasteiger partial charge on any atom is -0.444 e. The van der Waals surface area contributed by atoms with Crippen LogP contribution in [-0.2, 0) is 4.74 Å². The summed E-state index contributed by atoms with van der Waals surface area (Å²) in [6.45, 7) is 9.44. The van der Waals surface area contributed by atoms with Gasteiger partial charge in [0.15, 0.2) is 0 Å². The fraction of sp³-hybridized carbons (Fsp3) is 0.900. The number of thiol groups is 1. The average Bonchev–Trinajstić information content (AvgIpc) is 1.78. The molecule has 0 aliphatic rings. The number of nitrogens with one attached hydrogen (secondary N) is 1. The topological polar surface area (TPSA) is 38.3 Å². The molecule has 0 aromatic rings. The third kappa shape index (κ3) is 7.06. The molecular weight excluding hydrogens is 198 g/mol. The van der Waals surface area contributed by atoms with Crippen molar-refractivity contribution in [3.8, 4) is 0 Å². The summed E-state index contributed by atoms with van der Waals surface area (Å²) in [6.07, 6.45) is 0.444. The molecule has 0 fully saturated rings. The standard InChI is InChI=1S/C10H21NO2S/c1-9(2,3)13-8(12)11-10(4,5)6-7-14/h14H,6-7H2,1-5H3,(H,11,12). The molecule has 0 bridgehead atoms. The Bertz CT molecular complexity index is 197. The highest BCUT2D eigenvalue weighted by Gasteiger charge is 2.23. The molecule has 0 saturated carbocycles. The lowest BCUT2D eigenvalue weighted by Gasteiger charge is -2.28. The van der Waals surface area contributed by atoms with Crippen molar-refractivity contribution in [1.82, 2.24) is 5.32 Å². The molecular formula is C10H21NO2S. The zero-order chi connectivity index (χ0) is 11.4. The molecule has 0 aromatic heterocycles. The van der Waals surface area contributed by atoms with Crippen LogP contribution in [0.2, 0.25) is 0 Å². The van der Waals surface area contributed by atoms with Crippen molar-refractivity contribution in [2.75, 3.05) is 5.75 Å². The van der Waals surface area contributed by atoms with Gasteiger partial charge in [0.2, 0.25) is 0 Å². The van der Waals surface area contributed by atoms with Crippen LogP contribution in [-0.4, -0.2) is 23.0 Å². The van der Waals surface area contributed by atoms with E-state index in [2.05, 4.69) is 17.9 Å². The Morgan fingerprint density at radius 3 is 2.14 bits per heavy atom. The Balaban J connectivity index is 4.06. The molecule has 0 aromatic carbocycles. The van der Waals surface area contributed by atoms with E-state index in [4.69, 9.17) is 4.74 Å². The number of rotatable bonds is 3. The Hall–Kier alpha value is -0.380. The quantitative estimate of drug-likeness (QED) is 0.716. The molecule has 0 atom stereocenters. The first-order chi connectivity index (χ1) is 6.16. The molecule has 0 aliphatic carbocycles. The van der Waals surface area contributed by atoms with Crippen LogP contribution < -0.4 is 5.32 Å². The fourth-order valence-electron chi connectivity index (χ4n) is 0.922. The van der Waals surface area contributed by atoms with Crippen molar-refractivity contribution in [2.45, 2.75) is 52.2 Å². The van der Waals surface area contributed by atoms with Crippen LogP contribution in [0.15, 0.2) is 0 Å². The van der Waals surface area contributed by atoms with Gasteiger partial charge in [-0.25, -0.2) is 4.79 Å². The molecule has 84 valence electrons. The molecule has 0 radical (unpaired) electrons. The predicted molar refractivity (Wildman–Crippen MR) is 61.9 cm³/mol. The maximum atomic E-state index is 11.4. The van der Waals surface area contributed by atoms with E-state index in [1.54, 1.807) is 0 Å². The maximum absolute atomic E-state index is 11.4. The van der Waals surface area contributed by atoms with Gasteiger partial charge in [0, 0.05) is 5.54 Å². The zero-order valence-electron chi connectivity index (χ0n) is 9.68. The monoisotopic (exact) mass is 219 g/mol. The largest absolute Gasteiger partial charge is 0.444 e. The molecule has 0 unspecified atom stereocenters. The van der Waals surface area contributed by atoms with Gasteiger partial charge in [-0.3, -0.25) is 0 Å². The van der Waals surface area contributed by atoms with E-state index in [9.17, 15) is 4.79 Å². The summed E-state index contributed by atoms with van der Waals surface area (Å²) >= 11 is 4.13. The highest BCUT2D eigenvalue weighted by atomic mass is 32.1. The van der Waals surface area contributed by atoms with Crippen molar-refractivity contribution in [3.05, 3.63) is 0 Å². The lowest BCUT2D eigenvalue weighted by Crippen LogP contribution is -2.46. The Morgan fingerprint density at radius 1 is 1.29 bits per heavy atom. The number of alkyl carbamates (subject to hydrolysis) is 1. The van der Waals surface area contributed by atoms with Gasteiger partial charge in [0.1, 0.15) is 5.60 Å². The minimum atomic E-state index is -0.443. The van der Waals surface area contributed by atoms with Gasteiger partial charge in [0.05, 0.1) is 0 Å². The van der Waals surface area contributed by atoms with Crippen LogP contribution in [0.4, 0.5) is 4.79 Å². The molecule has 1 N–H and O–H groups in total. The molecule has 1 amide bonds. The van der Waals surface area contributed by atoms with Gasteiger partial charge in [-0.05, 0) is 46.8 Å². The first-order valence-corrected chi connectivity index (χ1v) is 5.41. The fourth-order valence-corrected chi connectivity index (χ4v) is 1.48. The van der Waals surface area contributed by atoms with Crippen molar-refractivity contribution >= 4 is 18.7 Å². The SMILES string of the molecule is CC(C)(CCS)NC(=O)OC(C)(C)C. The summed E-state index contributed by atoms with van der Waals surface area (Å²) in [7, 11) is 0. The van der Waals surface area contributed by atoms with Crippen LogP contribution in [0.5, 0.6) is 0 Å². The molecule has 14 heavy (non-hydrogen) atoms. The van der Waals surface area contributed by atoms with E-state index in [1.165, 1.54) is 0 Å². The number of amides is 1. The average molecular weight is 219 g/mol. The van der Waals surface area contributed by atoms with Gasteiger partial charge in [0.25, 0.3) is 0 Å². The lowest BCUT2D eigenvalue weighted by molar-refractivity contribution is 0.0471. The van der Waals surface area contributed by atoms with Gasteiger partial charge in [-0.1, -0.05) is 0 Å². The zero-order valence-corrected chi connectivity index (χ0v) is 10.6. The maximum Gasteiger partial charge on any atom is 0.408 e. The van der Waals surface area contributed by atoms with E-state index < -0.39 is 5.60 Å². The summed E-state index contributed by atoms with van der Waals surface area (Å²) in [4.78, 5) is 11.4. The third-order valence-electron chi connectivity index (χ3n) is 1.58. The molecule has 0 saturated heterocycles. The summed E-state index contributed by atoms with van der Waals surface area (Å²) in [6, 6.07) is 0. The number of ether oxygens (including phenoxy) is 1. The van der Waals surface area contributed by atoms with Crippen molar-refractivity contribution in [2.24, 2.45) is 0 Å². The van der Waals surface area contributed by atoms with Gasteiger partial charge >= 0.3 is 6.09 Å². The van der Waals surface area contributed by atoms with E-state index in [0.717, 1.165) is 12.2 Å². The molecule has 0 heterocycles. The van der Waals surface area contributed by atoms with Crippen molar-refractivity contribution in [1.29, 1.82) is 0 Å². The molecule has 3 nitrogen and oxygen atoms in total. The summed E-state index contributed by atoms with van der Waals surface area (Å²) in [5.41, 5.74) is -0.703. The summed E-state index contributed by atoms with van der Waals surface area (Å²) in [5, 5.41) is 2.80. The van der Waals surface area contributed by atoms with Gasteiger partial charge in [-0.15, -0.1) is 0 Å². The number of carbonyl (C=O) groups is 1. The molecule has 0 rings (SSSR count). The second kappa shape index (κ2) is 4.91. The van der Waals surface area contributed by atoms with Crippen LogP contribution in [0.3, 0.4) is 0 Å². The first kappa shape index (κ1) is 13.6. The van der Waals surface area contributed by atoms with E-state index in [1.807, 2.05) is 34.6 Å². The summed E-state index contributed by atoms with van der Waals surface area (Å²) < 4.78 is 5.14.